The van der Waals surface area contributed by atoms with Crippen molar-refractivity contribution in [1.29, 1.82) is 0 Å². The molecule has 2 aromatic carbocycles. The van der Waals surface area contributed by atoms with Gasteiger partial charge in [0.15, 0.2) is 0 Å². The summed E-state index contributed by atoms with van der Waals surface area (Å²) in [5.74, 6) is 0. The summed E-state index contributed by atoms with van der Waals surface area (Å²) in [6.07, 6.45) is 0. The Bertz CT molecular complexity index is 784. The molecule has 0 saturated carbocycles. The van der Waals surface area contributed by atoms with E-state index in [0.29, 0.717) is 0 Å². The summed E-state index contributed by atoms with van der Waals surface area (Å²) in [5, 5.41) is 0. The monoisotopic (exact) mass is 939 g/mol. The lowest BCUT2D eigenvalue weighted by Crippen LogP contribution is -2.55. The van der Waals surface area contributed by atoms with E-state index < -0.39 is 12.9 Å². The molecule has 0 aliphatic carbocycles. The Morgan fingerprint density at radius 1 is 0.667 bits per heavy atom. The first-order valence-electron chi connectivity index (χ1n) is 7.55. The van der Waals surface area contributed by atoms with Crippen molar-refractivity contribution in [2.24, 2.45) is 0 Å². The predicted octanol–water partition coefficient (Wildman–Crippen LogP) is 10.5. The lowest BCUT2D eigenvalue weighted by atomic mass is 9.99. The van der Waals surface area contributed by atoms with E-state index in [1.807, 2.05) is 42.5 Å². The standard InChI is InChI=1S/C18H13Br9/c1-11-7-5-6-10-13(11)14(19)16(22,23)18(26,27)17(24,25)15(20,21)12-8-3-2-4-9-12/h2-10,14H,1H3. The van der Waals surface area contributed by atoms with Crippen LogP contribution in [0.2, 0.25) is 0 Å². The smallest absolute Gasteiger partial charge is 0.0813 e. The van der Waals surface area contributed by atoms with Gasteiger partial charge in [-0.1, -0.05) is 198 Å². The number of hydrogen-bond donors (Lipinski definition) is 0. The molecule has 0 nitrogen and oxygen atoms in total. The highest BCUT2D eigenvalue weighted by molar-refractivity contribution is 9.34. The normalized spacial score (nSPS) is 14.9. The van der Waals surface area contributed by atoms with Crippen molar-refractivity contribution in [3.05, 3.63) is 71.3 Å². The number of rotatable bonds is 6. The van der Waals surface area contributed by atoms with Crippen LogP contribution in [0.1, 0.15) is 21.5 Å². The molecule has 0 heterocycles. The molecule has 0 aliphatic rings. The molecule has 1 unspecified atom stereocenters. The Hall–Kier alpha value is 2.76. The second-order valence-corrected chi connectivity index (χ2v) is 20.7. The van der Waals surface area contributed by atoms with Crippen LogP contribution in [0.5, 0.6) is 0 Å². The molecule has 2 rings (SSSR count). The predicted molar refractivity (Wildman–Crippen MR) is 151 cm³/mol. The van der Waals surface area contributed by atoms with Crippen molar-refractivity contribution >= 4 is 143 Å². The largest absolute Gasteiger partial charge is 0.137 e. The molecule has 0 amide bonds. The van der Waals surface area contributed by atoms with E-state index >= 15 is 0 Å². The summed E-state index contributed by atoms with van der Waals surface area (Å²) in [4.78, 5) is -0.0778. The van der Waals surface area contributed by atoms with Gasteiger partial charge in [0, 0.05) is 0 Å². The fourth-order valence-corrected chi connectivity index (χ4v) is 10.4. The van der Waals surface area contributed by atoms with Crippen molar-refractivity contribution in [2.45, 2.75) is 24.7 Å². The number of hydrogen-bond acceptors (Lipinski definition) is 0. The third kappa shape index (κ3) is 4.91. The highest BCUT2D eigenvalue weighted by Crippen LogP contribution is 2.72. The third-order valence-electron chi connectivity index (χ3n) is 4.12. The minimum atomic E-state index is -0.751. The van der Waals surface area contributed by atoms with Gasteiger partial charge in [0.05, 0.1) is 4.83 Å². The fourth-order valence-electron chi connectivity index (χ4n) is 2.46. The summed E-state index contributed by atoms with van der Waals surface area (Å²) in [5.41, 5.74) is 3.40. The summed E-state index contributed by atoms with van der Waals surface area (Å²) in [6, 6.07) is 18.4. The maximum atomic E-state index is 3.92. The van der Waals surface area contributed by atoms with E-state index in [4.69, 9.17) is 0 Å². The Kier molecular flexibility index (Phi) is 9.36. The van der Waals surface area contributed by atoms with Crippen LogP contribution in [0.3, 0.4) is 0 Å². The van der Waals surface area contributed by atoms with Crippen molar-refractivity contribution in [1.82, 2.24) is 0 Å². The Morgan fingerprint density at radius 3 is 1.67 bits per heavy atom. The number of benzene rings is 2. The van der Waals surface area contributed by atoms with E-state index in [9.17, 15) is 0 Å². The van der Waals surface area contributed by atoms with Gasteiger partial charge in [0.1, 0.15) is 12.9 Å². The molecule has 2 aromatic rings. The van der Waals surface area contributed by atoms with E-state index in [0.717, 1.165) is 5.56 Å². The molecule has 27 heavy (non-hydrogen) atoms. The van der Waals surface area contributed by atoms with Gasteiger partial charge >= 0.3 is 0 Å². The zero-order chi connectivity index (χ0) is 20.7. The maximum absolute atomic E-state index is 3.92. The van der Waals surface area contributed by atoms with Crippen LogP contribution in [-0.4, -0.2) is 9.70 Å². The molecule has 0 spiro atoms. The van der Waals surface area contributed by atoms with Gasteiger partial charge in [-0.25, -0.2) is 0 Å². The molecule has 0 fully saturated rings. The second-order valence-electron chi connectivity index (χ2n) is 5.93. The number of aryl methyl sites for hydroxylation is 1. The minimum absolute atomic E-state index is 0.0778. The number of halogens is 9. The first-order chi connectivity index (χ1) is 12.3. The van der Waals surface area contributed by atoms with Crippen LogP contribution in [-0.2, 0) is 3.23 Å². The maximum Gasteiger partial charge on any atom is 0.137 e. The van der Waals surface area contributed by atoms with Crippen molar-refractivity contribution in [3.63, 3.8) is 0 Å². The summed E-state index contributed by atoms with van der Waals surface area (Å²) in [7, 11) is 0. The quantitative estimate of drug-likeness (QED) is 0.253. The Labute approximate surface area is 235 Å². The van der Waals surface area contributed by atoms with Crippen LogP contribution in [0.15, 0.2) is 54.6 Å². The third-order valence-corrected chi connectivity index (χ3v) is 21.9. The van der Waals surface area contributed by atoms with Crippen molar-refractivity contribution in [3.8, 4) is 0 Å². The first-order valence-corrected chi connectivity index (χ1v) is 14.8. The molecular weight excluding hydrogens is 935 g/mol. The molecule has 0 N–H and O–H groups in total. The number of alkyl halides is 9. The summed E-state index contributed by atoms with van der Waals surface area (Å²) >= 11 is 35.1. The van der Waals surface area contributed by atoms with Gasteiger partial charge in [-0.05, 0) is 23.6 Å². The SMILES string of the molecule is Cc1ccccc1C(Br)C(Br)(Br)C(Br)(Br)C(Br)(Br)C(Br)(Br)c1ccccc1. The molecule has 0 aromatic heterocycles. The fraction of sp³-hybridized carbons (Fsp3) is 0.333. The molecule has 0 saturated heterocycles. The molecule has 1 atom stereocenters. The van der Waals surface area contributed by atoms with Gasteiger partial charge < -0.3 is 0 Å². The summed E-state index contributed by atoms with van der Waals surface area (Å²) in [6.45, 7) is 2.10. The molecule has 148 valence electrons. The molecule has 0 radical (unpaired) electrons. The summed E-state index contributed by atoms with van der Waals surface area (Å²) < 4.78 is -2.82. The van der Waals surface area contributed by atoms with Gasteiger partial charge in [0.2, 0.25) is 0 Å². The van der Waals surface area contributed by atoms with Gasteiger partial charge in [-0.3, -0.25) is 0 Å². The lowest BCUT2D eigenvalue weighted by Gasteiger charge is -2.50. The highest BCUT2D eigenvalue weighted by Gasteiger charge is 2.67. The van der Waals surface area contributed by atoms with E-state index in [1.54, 1.807) is 0 Å². The average molecular weight is 948 g/mol. The van der Waals surface area contributed by atoms with Crippen LogP contribution in [0, 0.1) is 6.92 Å². The molecule has 0 bridgehead atoms. The van der Waals surface area contributed by atoms with Gasteiger partial charge in [0.25, 0.3) is 0 Å². The van der Waals surface area contributed by atoms with E-state index in [2.05, 4.69) is 162 Å². The van der Waals surface area contributed by atoms with Crippen LogP contribution < -0.4 is 0 Å². The zero-order valence-electron chi connectivity index (χ0n) is 13.7. The topological polar surface area (TPSA) is 0 Å². The molecular formula is C18H13Br9. The van der Waals surface area contributed by atoms with E-state index in [1.165, 1.54) is 11.1 Å². The Morgan fingerprint density at radius 2 is 1.15 bits per heavy atom. The highest BCUT2D eigenvalue weighted by atomic mass is 79.9. The Balaban J connectivity index is 2.52. The first kappa shape index (κ1) is 26.0. The van der Waals surface area contributed by atoms with Crippen LogP contribution in [0.25, 0.3) is 0 Å². The average Bonchev–Trinajstić information content (AvgIpc) is 2.61. The van der Waals surface area contributed by atoms with Gasteiger partial charge in [-0.2, -0.15) is 0 Å². The van der Waals surface area contributed by atoms with Gasteiger partial charge in [-0.15, -0.1) is 0 Å². The van der Waals surface area contributed by atoms with Crippen LogP contribution >= 0.6 is 143 Å². The van der Waals surface area contributed by atoms with Crippen molar-refractivity contribution in [2.75, 3.05) is 0 Å². The zero-order valence-corrected chi connectivity index (χ0v) is 27.9. The second kappa shape index (κ2) is 9.72. The molecule has 9 heteroatoms. The lowest BCUT2D eigenvalue weighted by molar-refractivity contribution is 0.645. The molecule has 0 aliphatic heterocycles. The van der Waals surface area contributed by atoms with E-state index in [-0.39, 0.29) is 4.83 Å². The van der Waals surface area contributed by atoms with Crippen LogP contribution in [0.4, 0.5) is 0 Å². The van der Waals surface area contributed by atoms with Crippen molar-refractivity contribution < 1.29 is 0 Å². The minimum Gasteiger partial charge on any atom is -0.0813 e.